The minimum absolute atomic E-state index is 0.629. The van der Waals surface area contributed by atoms with Crippen molar-refractivity contribution < 1.29 is 4.74 Å². The van der Waals surface area contributed by atoms with Crippen molar-refractivity contribution in [3.63, 3.8) is 0 Å². The summed E-state index contributed by atoms with van der Waals surface area (Å²) in [5.74, 6) is 1.02. The van der Waals surface area contributed by atoms with E-state index in [9.17, 15) is 0 Å². The Bertz CT molecular complexity index is 584. The first kappa shape index (κ1) is 12.0. The molecule has 0 saturated carbocycles. The zero-order chi connectivity index (χ0) is 13.1. The number of hydrogen-bond acceptors (Lipinski definition) is 1. The first-order chi connectivity index (χ1) is 9.34. The predicted molar refractivity (Wildman–Crippen MR) is 79.2 cm³/mol. The summed E-state index contributed by atoms with van der Waals surface area (Å²) in [6, 6.07) is 16.6. The largest absolute Gasteiger partial charge is 0.489 e. The highest BCUT2D eigenvalue weighted by Crippen LogP contribution is 2.35. The molecule has 0 N–H and O–H groups in total. The lowest BCUT2D eigenvalue weighted by molar-refractivity contribution is 0.302. The van der Waals surface area contributed by atoms with E-state index in [4.69, 9.17) is 4.74 Å². The Kier molecular flexibility index (Phi) is 3.37. The second-order valence-electron chi connectivity index (χ2n) is 5.01. The third-order valence-electron chi connectivity index (χ3n) is 3.66. The first-order valence-corrected chi connectivity index (χ1v) is 6.81. The molecule has 1 aliphatic carbocycles. The molecule has 1 nitrogen and oxygen atoms in total. The molecular formula is C18H18O. The molecule has 0 heterocycles. The minimum Gasteiger partial charge on any atom is -0.489 e. The van der Waals surface area contributed by atoms with Crippen molar-refractivity contribution in [2.75, 3.05) is 0 Å². The van der Waals surface area contributed by atoms with Crippen LogP contribution in [0.3, 0.4) is 0 Å². The fraction of sp³-hybridized carbons (Fsp3) is 0.222. The quantitative estimate of drug-likeness (QED) is 0.772. The highest BCUT2D eigenvalue weighted by molar-refractivity contribution is 5.70. The van der Waals surface area contributed by atoms with Gasteiger partial charge >= 0.3 is 0 Å². The number of ether oxygens (including phenoxy) is 1. The van der Waals surface area contributed by atoms with Crippen molar-refractivity contribution >= 4 is 5.57 Å². The molecule has 0 spiro atoms. The molecule has 0 amide bonds. The van der Waals surface area contributed by atoms with Crippen LogP contribution in [0.15, 0.2) is 55.1 Å². The van der Waals surface area contributed by atoms with Gasteiger partial charge in [0.15, 0.2) is 0 Å². The Labute approximate surface area is 114 Å². The SMILES string of the molecule is C=C1CCCc2c(OCc3ccccc3)cccc21. The van der Waals surface area contributed by atoms with Crippen LogP contribution in [0.1, 0.15) is 29.5 Å². The maximum atomic E-state index is 6.00. The summed E-state index contributed by atoms with van der Waals surface area (Å²) in [5, 5.41) is 0. The van der Waals surface area contributed by atoms with E-state index >= 15 is 0 Å². The number of fused-ring (bicyclic) bond motifs is 1. The van der Waals surface area contributed by atoms with Gasteiger partial charge in [0, 0.05) is 5.56 Å². The van der Waals surface area contributed by atoms with E-state index in [0.29, 0.717) is 6.61 Å². The van der Waals surface area contributed by atoms with Crippen LogP contribution in [0.4, 0.5) is 0 Å². The number of hydrogen-bond donors (Lipinski definition) is 0. The Morgan fingerprint density at radius 1 is 0.947 bits per heavy atom. The van der Waals surface area contributed by atoms with Crippen LogP contribution in [-0.2, 0) is 13.0 Å². The average molecular weight is 250 g/mol. The van der Waals surface area contributed by atoms with Gasteiger partial charge in [0.1, 0.15) is 12.4 Å². The van der Waals surface area contributed by atoms with Gasteiger partial charge in [-0.1, -0.05) is 49.0 Å². The summed E-state index contributed by atoms with van der Waals surface area (Å²) in [6.45, 7) is 4.79. The topological polar surface area (TPSA) is 9.23 Å². The molecule has 1 heteroatoms. The summed E-state index contributed by atoms with van der Waals surface area (Å²) in [5.41, 5.74) is 5.06. The summed E-state index contributed by atoms with van der Waals surface area (Å²) in [7, 11) is 0. The Morgan fingerprint density at radius 2 is 1.79 bits per heavy atom. The number of rotatable bonds is 3. The molecule has 0 aromatic heterocycles. The van der Waals surface area contributed by atoms with Crippen LogP contribution < -0.4 is 4.74 Å². The lowest BCUT2D eigenvalue weighted by Crippen LogP contribution is -2.05. The van der Waals surface area contributed by atoms with E-state index in [-0.39, 0.29) is 0 Å². The molecule has 0 unspecified atom stereocenters. The zero-order valence-electron chi connectivity index (χ0n) is 11.1. The van der Waals surface area contributed by atoms with Crippen LogP contribution in [0.5, 0.6) is 5.75 Å². The average Bonchev–Trinajstić information content (AvgIpc) is 2.47. The van der Waals surface area contributed by atoms with Gasteiger partial charge in [-0.25, -0.2) is 0 Å². The van der Waals surface area contributed by atoms with Crippen molar-refractivity contribution in [2.45, 2.75) is 25.9 Å². The molecule has 0 bridgehead atoms. The maximum Gasteiger partial charge on any atom is 0.123 e. The Morgan fingerprint density at radius 3 is 2.63 bits per heavy atom. The van der Waals surface area contributed by atoms with Crippen molar-refractivity contribution in [3.8, 4) is 5.75 Å². The lowest BCUT2D eigenvalue weighted by Gasteiger charge is -2.21. The number of allylic oxidation sites excluding steroid dienone is 1. The molecule has 0 aliphatic heterocycles. The first-order valence-electron chi connectivity index (χ1n) is 6.81. The smallest absolute Gasteiger partial charge is 0.123 e. The molecule has 0 fully saturated rings. The molecule has 96 valence electrons. The van der Waals surface area contributed by atoms with Gasteiger partial charge in [-0.05, 0) is 42.0 Å². The van der Waals surface area contributed by atoms with Gasteiger partial charge < -0.3 is 4.74 Å². The van der Waals surface area contributed by atoms with Crippen molar-refractivity contribution in [1.29, 1.82) is 0 Å². The summed E-state index contributed by atoms with van der Waals surface area (Å²) >= 11 is 0. The van der Waals surface area contributed by atoms with E-state index in [1.54, 1.807) is 0 Å². The molecule has 3 rings (SSSR count). The Balaban J connectivity index is 1.82. The van der Waals surface area contributed by atoms with Crippen LogP contribution in [-0.4, -0.2) is 0 Å². The summed E-state index contributed by atoms with van der Waals surface area (Å²) in [4.78, 5) is 0. The third kappa shape index (κ3) is 2.55. The van der Waals surface area contributed by atoms with Crippen molar-refractivity contribution in [3.05, 3.63) is 71.8 Å². The summed E-state index contributed by atoms with van der Waals surface area (Å²) < 4.78 is 6.00. The molecule has 19 heavy (non-hydrogen) atoms. The van der Waals surface area contributed by atoms with Gasteiger partial charge in [0.2, 0.25) is 0 Å². The minimum atomic E-state index is 0.629. The van der Waals surface area contributed by atoms with E-state index in [1.807, 2.05) is 18.2 Å². The normalized spacial score (nSPS) is 14.0. The molecule has 0 radical (unpaired) electrons. The maximum absolute atomic E-state index is 6.00. The van der Waals surface area contributed by atoms with E-state index in [2.05, 4.69) is 36.9 Å². The third-order valence-corrected chi connectivity index (χ3v) is 3.66. The van der Waals surface area contributed by atoms with Crippen LogP contribution in [0, 0.1) is 0 Å². The highest BCUT2D eigenvalue weighted by Gasteiger charge is 2.16. The second kappa shape index (κ2) is 5.31. The van der Waals surface area contributed by atoms with Crippen molar-refractivity contribution in [1.82, 2.24) is 0 Å². The Hall–Kier alpha value is -2.02. The molecule has 0 atom stereocenters. The van der Waals surface area contributed by atoms with Gasteiger partial charge in [-0.2, -0.15) is 0 Å². The van der Waals surface area contributed by atoms with Crippen LogP contribution in [0.2, 0.25) is 0 Å². The van der Waals surface area contributed by atoms with Gasteiger partial charge in [0.05, 0.1) is 0 Å². The standard InChI is InChI=1S/C18H18O/c1-14-7-5-11-17-16(14)10-6-12-18(17)19-13-15-8-3-2-4-9-15/h2-4,6,8-10,12H,1,5,7,11,13H2. The molecule has 0 saturated heterocycles. The highest BCUT2D eigenvalue weighted by atomic mass is 16.5. The van der Waals surface area contributed by atoms with Gasteiger partial charge in [-0.15, -0.1) is 0 Å². The van der Waals surface area contributed by atoms with Crippen LogP contribution in [0.25, 0.3) is 5.57 Å². The predicted octanol–water partition coefficient (Wildman–Crippen LogP) is 4.62. The van der Waals surface area contributed by atoms with Gasteiger partial charge in [-0.3, -0.25) is 0 Å². The fourth-order valence-corrected chi connectivity index (χ4v) is 2.64. The van der Waals surface area contributed by atoms with Crippen molar-refractivity contribution in [2.24, 2.45) is 0 Å². The molecule has 2 aromatic rings. The molecule has 1 aliphatic rings. The summed E-state index contributed by atoms with van der Waals surface area (Å²) in [6.07, 6.45) is 3.38. The molecule has 2 aromatic carbocycles. The second-order valence-corrected chi connectivity index (χ2v) is 5.01. The van der Waals surface area contributed by atoms with Crippen LogP contribution >= 0.6 is 0 Å². The van der Waals surface area contributed by atoms with Gasteiger partial charge in [0.25, 0.3) is 0 Å². The van der Waals surface area contributed by atoms with E-state index < -0.39 is 0 Å². The van der Waals surface area contributed by atoms with E-state index in [1.165, 1.54) is 28.7 Å². The monoisotopic (exact) mass is 250 g/mol. The molecular weight excluding hydrogens is 232 g/mol. The number of benzene rings is 2. The van der Waals surface area contributed by atoms with E-state index in [0.717, 1.165) is 18.6 Å². The fourth-order valence-electron chi connectivity index (χ4n) is 2.64. The lowest BCUT2D eigenvalue weighted by atomic mass is 9.88. The zero-order valence-corrected chi connectivity index (χ0v) is 11.1.